The topological polar surface area (TPSA) is 47.7 Å². The molecule has 0 aromatic heterocycles. The van der Waals surface area contributed by atoms with Crippen molar-refractivity contribution in [2.45, 2.75) is 57.5 Å². The van der Waals surface area contributed by atoms with E-state index in [0.717, 1.165) is 24.8 Å². The van der Waals surface area contributed by atoms with Gasteiger partial charge in [-0.15, -0.1) is 13.2 Å². The van der Waals surface area contributed by atoms with Gasteiger partial charge in [0.15, 0.2) is 0 Å². The van der Waals surface area contributed by atoms with Gasteiger partial charge in [0, 0.05) is 18.5 Å². The molecule has 1 aliphatic heterocycles. The van der Waals surface area contributed by atoms with Crippen LogP contribution in [0, 0.1) is 0 Å². The molecular formula is C22H27F3N2O2. The Bertz CT molecular complexity index is 811. The summed E-state index contributed by atoms with van der Waals surface area (Å²) in [6, 6.07) is 14.1. The number of alkyl halides is 3. The van der Waals surface area contributed by atoms with Gasteiger partial charge in [-0.05, 0) is 56.9 Å². The van der Waals surface area contributed by atoms with Gasteiger partial charge in [-0.25, -0.2) is 5.01 Å². The van der Waals surface area contributed by atoms with E-state index in [-0.39, 0.29) is 11.9 Å². The lowest BCUT2D eigenvalue weighted by Crippen LogP contribution is -2.54. The number of nitrogens with zero attached hydrogens (tertiary/aromatic N) is 1. The van der Waals surface area contributed by atoms with Gasteiger partial charge in [-0.3, -0.25) is 5.84 Å². The third-order valence-corrected chi connectivity index (χ3v) is 5.21. The average Bonchev–Trinajstić information content (AvgIpc) is 2.65. The Morgan fingerprint density at radius 1 is 1.10 bits per heavy atom. The fraction of sp³-hybridized carbons (Fsp3) is 0.455. The maximum atomic E-state index is 12.8. The van der Waals surface area contributed by atoms with Crippen LogP contribution in [-0.4, -0.2) is 24.0 Å². The lowest BCUT2D eigenvalue weighted by molar-refractivity contribution is -0.274. The molecule has 1 fully saturated rings. The fourth-order valence-electron chi connectivity index (χ4n) is 3.98. The first kappa shape index (κ1) is 21.5. The van der Waals surface area contributed by atoms with Crippen molar-refractivity contribution in [2.24, 2.45) is 5.84 Å². The molecule has 0 spiro atoms. The van der Waals surface area contributed by atoms with Crippen LogP contribution in [0.1, 0.15) is 44.2 Å². The van der Waals surface area contributed by atoms with E-state index in [4.69, 9.17) is 10.6 Å². The molecule has 0 aliphatic carbocycles. The Kier molecular flexibility index (Phi) is 6.39. The number of nitrogens with two attached hydrogens (primary N) is 1. The number of hydrazine groups is 1. The molecule has 2 aromatic rings. The zero-order chi connectivity index (χ0) is 21.1. The lowest BCUT2D eigenvalue weighted by atomic mass is 9.77. The van der Waals surface area contributed by atoms with Gasteiger partial charge in [0.25, 0.3) is 0 Å². The molecule has 2 N–H and O–H groups in total. The monoisotopic (exact) mass is 408 g/mol. The molecule has 0 radical (unpaired) electrons. The van der Waals surface area contributed by atoms with Crippen molar-refractivity contribution in [3.63, 3.8) is 0 Å². The lowest BCUT2D eigenvalue weighted by Gasteiger charge is -2.45. The summed E-state index contributed by atoms with van der Waals surface area (Å²) in [5.41, 5.74) is 1.16. The van der Waals surface area contributed by atoms with Gasteiger partial charge in [0.2, 0.25) is 0 Å². The molecule has 4 nitrogen and oxygen atoms in total. The van der Waals surface area contributed by atoms with E-state index >= 15 is 0 Å². The molecule has 1 unspecified atom stereocenters. The highest BCUT2D eigenvalue weighted by atomic mass is 19.4. The minimum Gasteiger partial charge on any atom is -0.491 e. The first-order chi connectivity index (χ1) is 13.7. The average molecular weight is 408 g/mol. The summed E-state index contributed by atoms with van der Waals surface area (Å²) in [5.74, 6) is 6.75. The minimum absolute atomic E-state index is 0.115. The summed E-state index contributed by atoms with van der Waals surface area (Å²) in [6.45, 7) is 4.48. The quantitative estimate of drug-likeness (QED) is 0.670. The Morgan fingerprint density at radius 3 is 2.45 bits per heavy atom. The maximum Gasteiger partial charge on any atom is 0.573 e. The maximum absolute atomic E-state index is 12.8. The van der Waals surface area contributed by atoms with Gasteiger partial charge in [0.1, 0.15) is 11.5 Å². The summed E-state index contributed by atoms with van der Waals surface area (Å²) in [7, 11) is 0. The van der Waals surface area contributed by atoms with Crippen molar-refractivity contribution in [1.82, 2.24) is 5.01 Å². The smallest absolute Gasteiger partial charge is 0.491 e. The van der Waals surface area contributed by atoms with Crippen LogP contribution in [0.4, 0.5) is 13.2 Å². The van der Waals surface area contributed by atoms with E-state index in [1.807, 2.05) is 49.2 Å². The largest absolute Gasteiger partial charge is 0.573 e. The summed E-state index contributed by atoms with van der Waals surface area (Å²) in [4.78, 5) is 0. The predicted molar refractivity (Wildman–Crippen MR) is 105 cm³/mol. The minimum atomic E-state index is -4.75. The molecule has 3 rings (SSSR count). The molecule has 1 atom stereocenters. The van der Waals surface area contributed by atoms with Crippen LogP contribution in [0.2, 0.25) is 0 Å². The van der Waals surface area contributed by atoms with Crippen molar-refractivity contribution in [3.05, 3.63) is 59.7 Å². The Labute approximate surface area is 169 Å². The van der Waals surface area contributed by atoms with Crippen molar-refractivity contribution >= 4 is 0 Å². The van der Waals surface area contributed by atoms with Crippen LogP contribution in [0.15, 0.2) is 48.5 Å². The van der Waals surface area contributed by atoms with Gasteiger partial charge in [-0.2, -0.15) is 0 Å². The van der Waals surface area contributed by atoms with E-state index in [0.29, 0.717) is 24.3 Å². The molecule has 0 saturated carbocycles. The van der Waals surface area contributed by atoms with Crippen LogP contribution in [0.25, 0.3) is 0 Å². The number of hydrogen-bond acceptors (Lipinski definition) is 4. The second-order valence-electron chi connectivity index (χ2n) is 7.71. The van der Waals surface area contributed by atoms with E-state index in [1.54, 1.807) is 6.07 Å². The Hall–Kier alpha value is -2.25. The van der Waals surface area contributed by atoms with Gasteiger partial charge < -0.3 is 9.47 Å². The number of hydrogen-bond donors (Lipinski definition) is 1. The SMILES string of the molecule is CC(C)Oc1ccc(OC(F)(F)F)cc1CC1(c2ccccc2)CCCCN1N. The first-order valence-electron chi connectivity index (χ1n) is 9.83. The van der Waals surface area contributed by atoms with Crippen molar-refractivity contribution in [1.29, 1.82) is 0 Å². The van der Waals surface area contributed by atoms with Crippen LogP contribution in [0.3, 0.4) is 0 Å². The van der Waals surface area contributed by atoms with Crippen molar-refractivity contribution < 1.29 is 22.6 Å². The highest BCUT2D eigenvalue weighted by Gasteiger charge is 2.40. The highest BCUT2D eigenvalue weighted by Crippen LogP contribution is 2.41. The number of benzene rings is 2. The Morgan fingerprint density at radius 2 is 1.83 bits per heavy atom. The number of ether oxygens (including phenoxy) is 2. The molecule has 0 bridgehead atoms. The second-order valence-corrected chi connectivity index (χ2v) is 7.71. The molecule has 2 aromatic carbocycles. The molecule has 158 valence electrons. The molecule has 29 heavy (non-hydrogen) atoms. The summed E-state index contributed by atoms with van der Waals surface area (Å²) in [5, 5.41) is 1.82. The fourth-order valence-corrected chi connectivity index (χ4v) is 3.98. The zero-order valence-corrected chi connectivity index (χ0v) is 16.7. The number of halogens is 3. The molecule has 1 saturated heterocycles. The molecule has 1 heterocycles. The number of piperidine rings is 1. The molecular weight excluding hydrogens is 381 g/mol. The second kappa shape index (κ2) is 8.63. The van der Waals surface area contributed by atoms with Crippen LogP contribution < -0.4 is 15.3 Å². The highest BCUT2D eigenvalue weighted by molar-refractivity contribution is 5.43. The van der Waals surface area contributed by atoms with Gasteiger partial charge >= 0.3 is 6.36 Å². The summed E-state index contributed by atoms with van der Waals surface area (Å²) < 4.78 is 48.3. The summed E-state index contributed by atoms with van der Waals surface area (Å²) in [6.07, 6.45) is -1.67. The van der Waals surface area contributed by atoms with E-state index in [9.17, 15) is 13.2 Å². The van der Waals surface area contributed by atoms with Crippen LogP contribution >= 0.6 is 0 Å². The van der Waals surface area contributed by atoms with Crippen molar-refractivity contribution in [2.75, 3.05) is 6.54 Å². The van der Waals surface area contributed by atoms with Crippen LogP contribution in [-0.2, 0) is 12.0 Å². The first-order valence-corrected chi connectivity index (χ1v) is 9.83. The molecule has 7 heteroatoms. The van der Waals surface area contributed by atoms with Gasteiger partial charge in [0.05, 0.1) is 11.6 Å². The third-order valence-electron chi connectivity index (χ3n) is 5.21. The number of rotatable bonds is 6. The third kappa shape index (κ3) is 5.22. The van der Waals surface area contributed by atoms with Crippen LogP contribution in [0.5, 0.6) is 11.5 Å². The molecule has 0 amide bonds. The predicted octanol–water partition coefficient (Wildman–Crippen LogP) is 5.17. The van der Waals surface area contributed by atoms with Crippen molar-refractivity contribution in [3.8, 4) is 11.5 Å². The van der Waals surface area contributed by atoms with E-state index in [2.05, 4.69) is 4.74 Å². The normalized spacial score (nSPS) is 20.7. The van der Waals surface area contributed by atoms with E-state index < -0.39 is 11.9 Å². The van der Waals surface area contributed by atoms with E-state index in [1.165, 1.54) is 12.1 Å². The van der Waals surface area contributed by atoms with Gasteiger partial charge in [-0.1, -0.05) is 30.3 Å². The summed E-state index contributed by atoms with van der Waals surface area (Å²) >= 11 is 0. The Balaban J connectivity index is 2.04. The molecule has 1 aliphatic rings. The standard InChI is InChI=1S/C22H27F3N2O2/c1-16(2)28-20-11-10-19(29-22(23,24)25)14-17(20)15-21(12-6-7-13-27(21)26)18-8-4-3-5-9-18/h3-5,8-11,14,16H,6-7,12-13,15,26H2,1-2H3. The zero-order valence-electron chi connectivity index (χ0n) is 16.7.